The molecule has 0 fully saturated rings. The monoisotopic (exact) mass is 461 g/mol. The zero-order chi connectivity index (χ0) is 19.9. The molecule has 5 nitrogen and oxygen atoms in total. The van der Waals surface area contributed by atoms with E-state index >= 15 is 0 Å². The summed E-state index contributed by atoms with van der Waals surface area (Å²) in [5, 5.41) is 2.82. The van der Waals surface area contributed by atoms with Gasteiger partial charge in [0.25, 0.3) is 5.91 Å². The topological polar surface area (TPSA) is 68.5 Å². The Hall–Kier alpha value is -2.38. The lowest BCUT2D eigenvalue weighted by molar-refractivity contribution is 0.0921. The molecule has 0 saturated heterocycles. The highest BCUT2D eigenvalue weighted by atomic mass is 79.9. The van der Waals surface area contributed by atoms with Crippen molar-refractivity contribution in [3.8, 4) is 5.75 Å². The molecule has 1 aromatic heterocycles. The molecule has 3 aromatic rings. The summed E-state index contributed by atoms with van der Waals surface area (Å²) >= 11 is 3.35. The normalized spacial score (nSPS) is 11.8. The molecular formula is C21H20BrNO4S. The summed E-state index contributed by atoms with van der Waals surface area (Å²) in [6.07, 6.45) is 0. The van der Waals surface area contributed by atoms with Gasteiger partial charge in [0.1, 0.15) is 11.5 Å². The van der Waals surface area contributed by atoms with E-state index in [1.54, 1.807) is 24.3 Å². The maximum atomic E-state index is 12.4. The molecule has 146 valence electrons. The van der Waals surface area contributed by atoms with Gasteiger partial charge in [0, 0.05) is 15.9 Å². The molecule has 1 heterocycles. The Kier molecular flexibility index (Phi) is 7.06. The third kappa shape index (κ3) is 5.56. The van der Waals surface area contributed by atoms with Gasteiger partial charge in [0.15, 0.2) is 5.76 Å². The van der Waals surface area contributed by atoms with Crippen molar-refractivity contribution in [2.75, 3.05) is 6.61 Å². The highest BCUT2D eigenvalue weighted by Gasteiger charge is 2.13. The predicted molar refractivity (Wildman–Crippen MR) is 112 cm³/mol. The van der Waals surface area contributed by atoms with E-state index in [9.17, 15) is 9.00 Å². The Morgan fingerprint density at radius 2 is 1.79 bits per heavy atom. The average molecular weight is 462 g/mol. The smallest absolute Gasteiger partial charge is 0.287 e. The van der Waals surface area contributed by atoms with Crippen molar-refractivity contribution < 1.29 is 18.2 Å². The molecular weight excluding hydrogens is 442 g/mol. The number of benzene rings is 2. The zero-order valence-electron chi connectivity index (χ0n) is 15.3. The summed E-state index contributed by atoms with van der Waals surface area (Å²) < 4.78 is 24.3. The summed E-state index contributed by atoms with van der Waals surface area (Å²) in [5.74, 6) is 1.41. The minimum Gasteiger partial charge on any atom is -0.494 e. The first kappa shape index (κ1) is 20.4. The first-order valence-electron chi connectivity index (χ1n) is 8.77. The highest BCUT2D eigenvalue weighted by molar-refractivity contribution is 9.10. The van der Waals surface area contributed by atoms with Crippen LogP contribution in [-0.4, -0.2) is 16.7 Å². The predicted octanol–water partition coefficient (Wildman–Crippen LogP) is 4.68. The summed E-state index contributed by atoms with van der Waals surface area (Å²) in [4.78, 5) is 13.0. The lowest BCUT2D eigenvalue weighted by atomic mass is 10.2. The third-order valence-corrected chi connectivity index (χ3v) is 5.80. The van der Waals surface area contributed by atoms with E-state index in [0.717, 1.165) is 15.8 Å². The van der Waals surface area contributed by atoms with Crippen LogP contribution in [0.2, 0.25) is 0 Å². The summed E-state index contributed by atoms with van der Waals surface area (Å²) in [5.41, 5.74) is 0.958. The molecule has 0 aliphatic rings. The third-order valence-electron chi connectivity index (χ3n) is 3.92. The number of hydrogen-bond donors (Lipinski definition) is 1. The van der Waals surface area contributed by atoms with E-state index in [1.165, 1.54) is 0 Å². The van der Waals surface area contributed by atoms with Crippen molar-refractivity contribution in [2.45, 2.75) is 24.1 Å². The van der Waals surface area contributed by atoms with E-state index in [4.69, 9.17) is 9.15 Å². The molecule has 1 N–H and O–H groups in total. The van der Waals surface area contributed by atoms with Crippen molar-refractivity contribution in [2.24, 2.45) is 0 Å². The molecule has 0 aliphatic heterocycles. The minimum absolute atomic E-state index is 0.203. The lowest BCUT2D eigenvalue weighted by Crippen LogP contribution is -2.22. The number of amides is 1. The second kappa shape index (κ2) is 9.71. The Morgan fingerprint density at radius 3 is 2.46 bits per heavy atom. The van der Waals surface area contributed by atoms with Crippen LogP contribution in [0, 0.1) is 0 Å². The SMILES string of the molecule is CCOc1ccc(CNC(=O)c2ccc(C[S@](=O)c3ccc(Br)cc3)o2)cc1. The van der Waals surface area contributed by atoms with Gasteiger partial charge in [-0.2, -0.15) is 0 Å². The fraction of sp³-hybridized carbons (Fsp3) is 0.190. The molecule has 3 rings (SSSR count). The molecule has 1 amide bonds. The van der Waals surface area contributed by atoms with E-state index in [-0.39, 0.29) is 17.4 Å². The van der Waals surface area contributed by atoms with Crippen LogP contribution in [0.25, 0.3) is 0 Å². The molecule has 0 radical (unpaired) electrons. The average Bonchev–Trinajstić information content (AvgIpc) is 3.16. The van der Waals surface area contributed by atoms with E-state index in [0.29, 0.717) is 23.8 Å². The molecule has 0 spiro atoms. The van der Waals surface area contributed by atoms with Crippen LogP contribution in [0.3, 0.4) is 0 Å². The summed E-state index contributed by atoms with van der Waals surface area (Å²) in [7, 11) is -1.24. The van der Waals surface area contributed by atoms with Gasteiger partial charge in [-0.05, 0) is 61.0 Å². The number of rotatable bonds is 8. The van der Waals surface area contributed by atoms with Crippen molar-refractivity contribution in [1.82, 2.24) is 5.32 Å². The maximum absolute atomic E-state index is 12.4. The van der Waals surface area contributed by atoms with Crippen LogP contribution in [0.5, 0.6) is 5.75 Å². The lowest BCUT2D eigenvalue weighted by Gasteiger charge is -2.06. The molecule has 0 saturated carbocycles. The zero-order valence-corrected chi connectivity index (χ0v) is 17.7. The van der Waals surface area contributed by atoms with E-state index in [1.807, 2.05) is 43.3 Å². The van der Waals surface area contributed by atoms with Crippen molar-refractivity contribution >= 4 is 32.6 Å². The minimum atomic E-state index is -1.24. The van der Waals surface area contributed by atoms with Crippen LogP contribution in [0.4, 0.5) is 0 Å². The molecule has 0 aliphatic carbocycles. The maximum Gasteiger partial charge on any atom is 0.287 e. The van der Waals surface area contributed by atoms with Crippen LogP contribution in [0.15, 0.2) is 74.4 Å². The number of ether oxygens (including phenoxy) is 1. The quantitative estimate of drug-likeness (QED) is 0.528. The standard InChI is InChI=1S/C21H20BrNO4S/c1-2-26-17-7-3-15(4-8-17)13-23-21(24)20-12-9-18(27-20)14-28(25)19-10-5-16(22)6-11-19/h3-12H,2,13-14H2,1H3,(H,23,24)/t28-/m0/s1. The van der Waals surface area contributed by atoms with Gasteiger partial charge in [-0.3, -0.25) is 9.00 Å². The number of carbonyl (C=O) groups excluding carboxylic acids is 1. The van der Waals surface area contributed by atoms with Gasteiger partial charge in [-0.1, -0.05) is 28.1 Å². The molecule has 2 aromatic carbocycles. The Morgan fingerprint density at radius 1 is 1.07 bits per heavy atom. The Labute approximate surface area is 174 Å². The van der Waals surface area contributed by atoms with Crippen LogP contribution < -0.4 is 10.1 Å². The first-order valence-corrected chi connectivity index (χ1v) is 10.9. The Balaban J connectivity index is 1.54. The number of halogens is 1. The molecule has 1 atom stereocenters. The number of furan rings is 1. The number of hydrogen-bond acceptors (Lipinski definition) is 4. The van der Waals surface area contributed by atoms with Crippen LogP contribution in [-0.2, 0) is 23.1 Å². The van der Waals surface area contributed by atoms with Gasteiger partial charge in [0.05, 0.1) is 23.2 Å². The second-order valence-corrected chi connectivity index (χ2v) is 8.34. The highest BCUT2D eigenvalue weighted by Crippen LogP contribution is 2.18. The second-order valence-electron chi connectivity index (χ2n) is 5.97. The van der Waals surface area contributed by atoms with E-state index < -0.39 is 10.8 Å². The van der Waals surface area contributed by atoms with E-state index in [2.05, 4.69) is 21.2 Å². The van der Waals surface area contributed by atoms with Crippen molar-refractivity contribution in [3.63, 3.8) is 0 Å². The summed E-state index contributed by atoms with van der Waals surface area (Å²) in [6.45, 7) is 2.93. The van der Waals surface area contributed by atoms with Crippen molar-refractivity contribution in [3.05, 3.63) is 82.2 Å². The largest absolute Gasteiger partial charge is 0.494 e. The fourth-order valence-corrected chi connectivity index (χ4v) is 3.80. The molecule has 0 bridgehead atoms. The van der Waals surface area contributed by atoms with Gasteiger partial charge < -0.3 is 14.5 Å². The van der Waals surface area contributed by atoms with Crippen molar-refractivity contribution in [1.29, 1.82) is 0 Å². The van der Waals surface area contributed by atoms with Gasteiger partial charge in [-0.25, -0.2) is 0 Å². The van der Waals surface area contributed by atoms with Crippen LogP contribution in [0.1, 0.15) is 28.8 Å². The van der Waals surface area contributed by atoms with Gasteiger partial charge in [0.2, 0.25) is 0 Å². The van der Waals surface area contributed by atoms with Gasteiger partial charge >= 0.3 is 0 Å². The first-order chi connectivity index (χ1) is 13.5. The number of nitrogens with one attached hydrogen (secondary N) is 1. The summed E-state index contributed by atoms with van der Waals surface area (Å²) in [6, 6.07) is 18.1. The molecule has 7 heteroatoms. The van der Waals surface area contributed by atoms with Crippen LogP contribution >= 0.6 is 15.9 Å². The fourth-order valence-electron chi connectivity index (χ4n) is 2.52. The number of carbonyl (C=O) groups is 1. The Bertz CT molecular complexity index is 951. The van der Waals surface area contributed by atoms with Gasteiger partial charge in [-0.15, -0.1) is 0 Å². The molecule has 0 unspecified atom stereocenters. The molecule has 28 heavy (non-hydrogen) atoms.